The molecule has 0 aromatic carbocycles. The van der Waals surface area contributed by atoms with Crippen LogP contribution in [0.1, 0.15) is 37.1 Å². The van der Waals surface area contributed by atoms with Crippen molar-refractivity contribution in [1.29, 1.82) is 0 Å². The van der Waals surface area contributed by atoms with E-state index in [-0.39, 0.29) is 18.9 Å². The smallest absolute Gasteiger partial charge is 0.367 e. The summed E-state index contributed by atoms with van der Waals surface area (Å²) < 4.78 is 39.8. The standard InChI is InChI=1S/C16H20F3N5/c1-10-7-8-24(23-10)15-20-11(2)9-14(22-15)21-13-5-3-12(4-6-13)16(17,18)19/h7-9,12-13H,3-6H2,1-2H3,(H,20,21,22). The first-order valence-electron chi connectivity index (χ1n) is 8.03. The van der Waals surface area contributed by atoms with Gasteiger partial charge in [-0.05, 0) is 45.6 Å². The highest BCUT2D eigenvalue weighted by molar-refractivity contribution is 5.39. The van der Waals surface area contributed by atoms with Crippen LogP contribution in [0.2, 0.25) is 0 Å². The van der Waals surface area contributed by atoms with Crippen molar-refractivity contribution in [2.75, 3.05) is 5.32 Å². The molecule has 0 unspecified atom stereocenters. The van der Waals surface area contributed by atoms with Gasteiger partial charge in [0.05, 0.1) is 11.6 Å². The molecule has 1 aliphatic rings. The predicted molar refractivity (Wildman–Crippen MR) is 84.1 cm³/mol. The molecule has 1 aliphatic carbocycles. The van der Waals surface area contributed by atoms with E-state index in [1.54, 1.807) is 16.9 Å². The van der Waals surface area contributed by atoms with Crippen LogP contribution in [0, 0.1) is 19.8 Å². The number of anilines is 1. The van der Waals surface area contributed by atoms with E-state index in [1.165, 1.54) is 0 Å². The van der Waals surface area contributed by atoms with Crippen molar-refractivity contribution >= 4 is 5.82 Å². The third-order valence-electron chi connectivity index (χ3n) is 4.31. The van der Waals surface area contributed by atoms with E-state index in [0.717, 1.165) is 11.4 Å². The van der Waals surface area contributed by atoms with Gasteiger partial charge in [0, 0.05) is 24.0 Å². The van der Waals surface area contributed by atoms with Crippen molar-refractivity contribution in [2.45, 2.75) is 51.7 Å². The zero-order valence-corrected chi connectivity index (χ0v) is 13.6. The van der Waals surface area contributed by atoms with Gasteiger partial charge in [-0.15, -0.1) is 0 Å². The van der Waals surface area contributed by atoms with Crippen LogP contribution in [0.15, 0.2) is 18.3 Å². The molecule has 0 atom stereocenters. The second-order valence-electron chi connectivity index (χ2n) is 6.33. The maximum Gasteiger partial charge on any atom is 0.391 e. The fourth-order valence-electron chi connectivity index (χ4n) is 3.03. The first kappa shape index (κ1) is 16.7. The number of rotatable bonds is 3. The Morgan fingerprint density at radius 2 is 1.79 bits per heavy atom. The summed E-state index contributed by atoms with van der Waals surface area (Å²) in [5.74, 6) is -0.0963. The van der Waals surface area contributed by atoms with Gasteiger partial charge in [-0.3, -0.25) is 0 Å². The van der Waals surface area contributed by atoms with Crippen molar-refractivity contribution in [3.63, 3.8) is 0 Å². The fraction of sp³-hybridized carbons (Fsp3) is 0.562. The Morgan fingerprint density at radius 3 is 2.38 bits per heavy atom. The maximum atomic E-state index is 12.7. The van der Waals surface area contributed by atoms with Crippen molar-refractivity contribution in [3.05, 3.63) is 29.7 Å². The molecule has 130 valence electrons. The Morgan fingerprint density at radius 1 is 1.08 bits per heavy atom. The molecular weight excluding hydrogens is 319 g/mol. The summed E-state index contributed by atoms with van der Waals surface area (Å²) in [6, 6.07) is 3.66. The molecule has 24 heavy (non-hydrogen) atoms. The molecule has 2 heterocycles. The van der Waals surface area contributed by atoms with E-state index in [2.05, 4.69) is 20.4 Å². The van der Waals surface area contributed by atoms with E-state index in [9.17, 15) is 13.2 Å². The fourth-order valence-corrected chi connectivity index (χ4v) is 3.03. The van der Waals surface area contributed by atoms with Gasteiger partial charge < -0.3 is 5.32 Å². The highest BCUT2D eigenvalue weighted by Crippen LogP contribution is 2.38. The molecule has 2 aromatic heterocycles. The Labute approximate surface area is 138 Å². The minimum atomic E-state index is -4.08. The average molecular weight is 339 g/mol. The highest BCUT2D eigenvalue weighted by Gasteiger charge is 2.41. The first-order valence-corrected chi connectivity index (χ1v) is 8.03. The Hall–Kier alpha value is -2.12. The lowest BCUT2D eigenvalue weighted by atomic mass is 9.85. The number of nitrogens with one attached hydrogen (secondary N) is 1. The van der Waals surface area contributed by atoms with Crippen LogP contribution in [-0.2, 0) is 0 Å². The Balaban J connectivity index is 1.69. The summed E-state index contributed by atoms with van der Waals surface area (Å²) >= 11 is 0. The summed E-state index contributed by atoms with van der Waals surface area (Å²) in [5.41, 5.74) is 1.64. The number of aryl methyl sites for hydroxylation is 2. The largest absolute Gasteiger partial charge is 0.391 e. The van der Waals surface area contributed by atoms with Crippen LogP contribution in [0.25, 0.3) is 5.95 Å². The number of aromatic nitrogens is 4. The molecule has 3 rings (SSSR count). The van der Waals surface area contributed by atoms with E-state index >= 15 is 0 Å². The van der Waals surface area contributed by atoms with Crippen LogP contribution in [-0.4, -0.2) is 32.0 Å². The van der Waals surface area contributed by atoms with Gasteiger partial charge >= 0.3 is 6.18 Å². The monoisotopic (exact) mass is 339 g/mol. The molecule has 8 heteroatoms. The number of hydrogen-bond donors (Lipinski definition) is 1. The van der Waals surface area contributed by atoms with Crippen molar-refractivity contribution in [3.8, 4) is 5.95 Å². The minimum absolute atomic E-state index is 0.00473. The zero-order valence-electron chi connectivity index (χ0n) is 13.6. The maximum absolute atomic E-state index is 12.7. The number of hydrogen-bond acceptors (Lipinski definition) is 4. The molecule has 0 saturated heterocycles. The lowest BCUT2D eigenvalue weighted by Gasteiger charge is -2.30. The van der Waals surface area contributed by atoms with Gasteiger partial charge in [0.2, 0.25) is 0 Å². The van der Waals surface area contributed by atoms with Crippen LogP contribution in [0.3, 0.4) is 0 Å². The summed E-state index contributed by atoms with van der Waals surface area (Å²) in [4.78, 5) is 8.79. The third-order valence-corrected chi connectivity index (χ3v) is 4.31. The van der Waals surface area contributed by atoms with Gasteiger partial charge in [-0.25, -0.2) is 9.67 Å². The second kappa shape index (κ2) is 6.41. The van der Waals surface area contributed by atoms with Crippen molar-refractivity contribution in [1.82, 2.24) is 19.7 Å². The van der Waals surface area contributed by atoms with Gasteiger partial charge in [0.1, 0.15) is 5.82 Å². The molecular formula is C16H20F3N5. The predicted octanol–water partition coefficient (Wildman–Crippen LogP) is 3.81. The summed E-state index contributed by atoms with van der Waals surface area (Å²) in [6.07, 6.45) is -0.996. The first-order chi connectivity index (χ1) is 11.3. The SMILES string of the molecule is Cc1cc(NC2CCC(C(F)(F)F)CC2)nc(-n2ccc(C)n2)n1. The quantitative estimate of drug-likeness (QED) is 0.924. The van der Waals surface area contributed by atoms with Gasteiger partial charge in [0.15, 0.2) is 0 Å². The molecule has 0 aliphatic heterocycles. The normalized spacial score (nSPS) is 21.7. The Bertz CT molecular complexity index is 702. The molecule has 0 amide bonds. The highest BCUT2D eigenvalue weighted by atomic mass is 19.4. The van der Waals surface area contributed by atoms with Crippen molar-refractivity contribution in [2.24, 2.45) is 5.92 Å². The summed E-state index contributed by atoms with van der Waals surface area (Å²) in [6.45, 7) is 3.73. The Kier molecular flexibility index (Phi) is 4.47. The molecule has 1 fully saturated rings. The van der Waals surface area contributed by atoms with E-state index in [0.29, 0.717) is 24.6 Å². The average Bonchev–Trinajstić information content (AvgIpc) is 2.93. The van der Waals surface area contributed by atoms with Gasteiger partial charge in [-0.2, -0.15) is 23.3 Å². The molecule has 0 spiro atoms. The zero-order chi connectivity index (χ0) is 17.3. The van der Waals surface area contributed by atoms with Crippen LogP contribution < -0.4 is 5.32 Å². The molecule has 0 radical (unpaired) electrons. The van der Waals surface area contributed by atoms with E-state index in [4.69, 9.17) is 0 Å². The topological polar surface area (TPSA) is 55.6 Å². The minimum Gasteiger partial charge on any atom is -0.367 e. The van der Waals surface area contributed by atoms with Crippen LogP contribution in [0.5, 0.6) is 0 Å². The summed E-state index contributed by atoms with van der Waals surface area (Å²) in [7, 11) is 0. The number of nitrogens with zero attached hydrogens (tertiary/aromatic N) is 4. The molecule has 0 bridgehead atoms. The van der Waals surface area contributed by atoms with E-state index in [1.807, 2.05) is 19.9 Å². The summed E-state index contributed by atoms with van der Waals surface area (Å²) in [5, 5.41) is 7.54. The van der Waals surface area contributed by atoms with Gasteiger partial charge in [-0.1, -0.05) is 0 Å². The molecule has 5 nitrogen and oxygen atoms in total. The lowest BCUT2D eigenvalue weighted by molar-refractivity contribution is -0.182. The number of alkyl halides is 3. The van der Waals surface area contributed by atoms with Gasteiger partial charge in [0.25, 0.3) is 5.95 Å². The third kappa shape index (κ3) is 3.85. The van der Waals surface area contributed by atoms with Crippen molar-refractivity contribution < 1.29 is 13.2 Å². The molecule has 1 saturated carbocycles. The van der Waals surface area contributed by atoms with E-state index < -0.39 is 12.1 Å². The number of halogens is 3. The van der Waals surface area contributed by atoms with Crippen LogP contribution >= 0.6 is 0 Å². The van der Waals surface area contributed by atoms with Crippen LogP contribution in [0.4, 0.5) is 19.0 Å². The lowest BCUT2D eigenvalue weighted by Crippen LogP contribution is -2.33. The molecule has 2 aromatic rings. The molecule has 1 N–H and O–H groups in total. The second-order valence-corrected chi connectivity index (χ2v) is 6.33.